The lowest BCUT2D eigenvalue weighted by molar-refractivity contribution is -0.128. The molecule has 0 spiro atoms. The molecule has 0 aliphatic carbocycles. The van der Waals surface area contributed by atoms with Gasteiger partial charge < -0.3 is 14.1 Å². The van der Waals surface area contributed by atoms with Crippen LogP contribution >= 0.6 is 11.8 Å². The van der Waals surface area contributed by atoms with Crippen LogP contribution in [0.1, 0.15) is 10.8 Å². The summed E-state index contributed by atoms with van der Waals surface area (Å²) < 4.78 is 10.9. The average Bonchev–Trinajstić information content (AvgIpc) is 3.15. The van der Waals surface area contributed by atoms with Crippen molar-refractivity contribution in [2.75, 3.05) is 21.2 Å². The van der Waals surface area contributed by atoms with Crippen molar-refractivity contribution in [2.45, 2.75) is 10.5 Å². The monoisotopic (exact) mass is 369 g/mol. The zero-order valence-corrected chi connectivity index (χ0v) is 15.6. The number of ether oxygens (including phenoxy) is 1. The first-order valence-corrected chi connectivity index (χ1v) is 8.87. The Labute approximate surface area is 156 Å². The molecule has 2 aromatic carbocycles. The molecular weight excluding hydrogens is 350 g/mol. The SMILES string of the molecule is COc1ccc(-c2nnc(SC(C(=O)N(C)C)c3ccccc3)o2)cc1. The molecule has 0 bridgehead atoms. The number of hydrogen-bond acceptors (Lipinski definition) is 6. The van der Waals surface area contributed by atoms with E-state index in [9.17, 15) is 4.79 Å². The number of amides is 1. The van der Waals surface area contributed by atoms with Crippen LogP contribution in [0.2, 0.25) is 0 Å². The van der Waals surface area contributed by atoms with Crippen molar-refractivity contribution in [1.82, 2.24) is 15.1 Å². The number of nitrogens with zero attached hydrogens (tertiary/aromatic N) is 3. The molecular formula is C19H19N3O3S. The molecule has 134 valence electrons. The van der Waals surface area contributed by atoms with Crippen molar-refractivity contribution in [2.24, 2.45) is 0 Å². The summed E-state index contributed by atoms with van der Waals surface area (Å²) in [7, 11) is 5.08. The van der Waals surface area contributed by atoms with Crippen LogP contribution in [0.15, 0.2) is 64.2 Å². The molecule has 0 fully saturated rings. The van der Waals surface area contributed by atoms with Crippen LogP contribution in [-0.4, -0.2) is 42.2 Å². The van der Waals surface area contributed by atoms with E-state index in [0.29, 0.717) is 11.1 Å². The summed E-state index contributed by atoms with van der Waals surface area (Å²) in [6.07, 6.45) is 0. The van der Waals surface area contributed by atoms with Crippen molar-refractivity contribution in [1.29, 1.82) is 0 Å². The molecule has 0 radical (unpaired) electrons. The normalized spacial score (nSPS) is 11.8. The average molecular weight is 369 g/mol. The Bertz CT molecular complexity index is 863. The summed E-state index contributed by atoms with van der Waals surface area (Å²) in [5, 5.41) is 8.07. The molecule has 3 aromatic rings. The third-order valence-corrected chi connectivity index (χ3v) is 4.81. The molecule has 1 heterocycles. The molecule has 0 saturated heterocycles. The Hall–Kier alpha value is -2.80. The third-order valence-electron chi connectivity index (χ3n) is 3.73. The maximum Gasteiger partial charge on any atom is 0.277 e. The minimum atomic E-state index is -0.449. The quantitative estimate of drug-likeness (QED) is 0.618. The number of methoxy groups -OCH3 is 1. The van der Waals surface area contributed by atoms with E-state index in [0.717, 1.165) is 16.9 Å². The van der Waals surface area contributed by atoms with Gasteiger partial charge in [0, 0.05) is 19.7 Å². The van der Waals surface area contributed by atoms with E-state index in [4.69, 9.17) is 9.15 Å². The lowest BCUT2D eigenvalue weighted by atomic mass is 10.1. The van der Waals surface area contributed by atoms with Crippen molar-refractivity contribution in [3.05, 3.63) is 60.2 Å². The standard InChI is InChI=1S/C19H19N3O3S/c1-22(2)18(23)16(13-7-5-4-6-8-13)26-19-21-20-17(25-19)14-9-11-15(24-3)12-10-14/h4-12,16H,1-3H3. The van der Waals surface area contributed by atoms with Gasteiger partial charge in [-0.1, -0.05) is 30.3 Å². The van der Waals surface area contributed by atoms with Gasteiger partial charge in [0.25, 0.3) is 5.22 Å². The Morgan fingerprint density at radius 3 is 2.38 bits per heavy atom. The van der Waals surface area contributed by atoms with E-state index in [2.05, 4.69) is 10.2 Å². The third kappa shape index (κ3) is 4.05. The molecule has 3 rings (SSSR count). The van der Waals surface area contributed by atoms with Crippen molar-refractivity contribution < 1.29 is 13.9 Å². The van der Waals surface area contributed by atoms with Crippen LogP contribution in [0.25, 0.3) is 11.5 Å². The van der Waals surface area contributed by atoms with Gasteiger partial charge in [-0.15, -0.1) is 10.2 Å². The number of carbonyl (C=O) groups excluding carboxylic acids is 1. The van der Waals surface area contributed by atoms with E-state index in [1.54, 1.807) is 26.1 Å². The predicted molar refractivity (Wildman–Crippen MR) is 100 cm³/mol. The first-order chi connectivity index (χ1) is 12.6. The lowest BCUT2D eigenvalue weighted by Crippen LogP contribution is -2.26. The maximum atomic E-state index is 12.6. The Balaban J connectivity index is 1.83. The van der Waals surface area contributed by atoms with E-state index < -0.39 is 5.25 Å². The second-order valence-electron chi connectivity index (χ2n) is 5.74. The van der Waals surface area contributed by atoms with Gasteiger partial charge in [-0.05, 0) is 41.6 Å². The number of rotatable bonds is 6. The van der Waals surface area contributed by atoms with Crippen LogP contribution in [0.4, 0.5) is 0 Å². The molecule has 1 atom stereocenters. The lowest BCUT2D eigenvalue weighted by Gasteiger charge is -2.18. The van der Waals surface area contributed by atoms with Crippen molar-refractivity contribution >= 4 is 17.7 Å². The number of benzene rings is 2. The molecule has 1 unspecified atom stereocenters. The minimum absolute atomic E-state index is 0.0367. The molecule has 0 aliphatic heterocycles. The number of aromatic nitrogens is 2. The molecule has 0 saturated carbocycles. The van der Waals surface area contributed by atoms with Crippen molar-refractivity contribution in [3.63, 3.8) is 0 Å². The zero-order valence-electron chi connectivity index (χ0n) is 14.7. The molecule has 7 heteroatoms. The first-order valence-electron chi connectivity index (χ1n) is 7.99. The molecule has 1 amide bonds. The molecule has 26 heavy (non-hydrogen) atoms. The summed E-state index contributed by atoms with van der Waals surface area (Å²) in [6.45, 7) is 0. The predicted octanol–water partition coefficient (Wildman–Crippen LogP) is 3.67. The van der Waals surface area contributed by atoms with Gasteiger partial charge in [0.05, 0.1) is 7.11 Å². The first kappa shape index (κ1) is 18.0. The van der Waals surface area contributed by atoms with E-state index >= 15 is 0 Å². The van der Waals surface area contributed by atoms with Gasteiger partial charge in [0.2, 0.25) is 11.8 Å². The fourth-order valence-corrected chi connectivity index (χ4v) is 3.35. The van der Waals surface area contributed by atoms with Gasteiger partial charge in [-0.2, -0.15) is 0 Å². The fraction of sp³-hybridized carbons (Fsp3) is 0.211. The highest BCUT2D eigenvalue weighted by atomic mass is 32.2. The minimum Gasteiger partial charge on any atom is -0.497 e. The summed E-state index contributed by atoms with van der Waals surface area (Å²) in [4.78, 5) is 14.2. The Morgan fingerprint density at radius 1 is 1.08 bits per heavy atom. The number of thioether (sulfide) groups is 1. The van der Waals surface area contributed by atoms with E-state index in [1.165, 1.54) is 11.8 Å². The van der Waals surface area contributed by atoms with Gasteiger partial charge >= 0.3 is 0 Å². The van der Waals surface area contributed by atoms with Crippen LogP contribution in [0, 0.1) is 0 Å². The summed E-state index contributed by atoms with van der Waals surface area (Å²) in [5.74, 6) is 1.12. The highest BCUT2D eigenvalue weighted by Crippen LogP contribution is 2.36. The largest absolute Gasteiger partial charge is 0.497 e. The summed E-state index contributed by atoms with van der Waals surface area (Å²) >= 11 is 1.25. The number of hydrogen-bond donors (Lipinski definition) is 0. The number of likely N-dealkylation sites (N-methyl/N-ethyl adjacent to an activating group) is 1. The topological polar surface area (TPSA) is 68.5 Å². The van der Waals surface area contributed by atoms with E-state index in [-0.39, 0.29) is 5.91 Å². The second kappa shape index (κ2) is 8.05. The fourth-order valence-electron chi connectivity index (χ4n) is 2.33. The van der Waals surface area contributed by atoms with Gasteiger partial charge in [-0.25, -0.2) is 0 Å². The van der Waals surface area contributed by atoms with Gasteiger partial charge in [0.1, 0.15) is 11.0 Å². The number of carbonyl (C=O) groups is 1. The zero-order chi connectivity index (χ0) is 18.5. The molecule has 0 aliphatic rings. The Morgan fingerprint density at radius 2 is 1.77 bits per heavy atom. The highest BCUT2D eigenvalue weighted by molar-refractivity contribution is 8.00. The molecule has 0 N–H and O–H groups in total. The Kier molecular flexibility index (Phi) is 5.58. The van der Waals surface area contributed by atoms with Gasteiger partial charge in [0.15, 0.2) is 0 Å². The molecule has 6 nitrogen and oxygen atoms in total. The highest BCUT2D eigenvalue weighted by Gasteiger charge is 2.26. The molecule has 1 aromatic heterocycles. The van der Waals surface area contributed by atoms with Crippen LogP contribution < -0.4 is 4.74 Å². The van der Waals surface area contributed by atoms with Crippen LogP contribution in [0.3, 0.4) is 0 Å². The van der Waals surface area contributed by atoms with E-state index in [1.807, 2.05) is 54.6 Å². The van der Waals surface area contributed by atoms with Crippen LogP contribution in [0.5, 0.6) is 5.75 Å². The van der Waals surface area contributed by atoms with Crippen LogP contribution in [-0.2, 0) is 4.79 Å². The summed E-state index contributed by atoms with van der Waals surface area (Å²) in [5.41, 5.74) is 1.68. The van der Waals surface area contributed by atoms with Crippen molar-refractivity contribution in [3.8, 4) is 17.2 Å². The van der Waals surface area contributed by atoms with Gasteiger partial charge in [-0.3, -0.25) is 4.79 Å². The second-order valence-corrected chi connectivity index (χ2v) is 6.80. The maximum absolute atomic E-state index is 12.6. The summed E-state index contributed by atoms with van der Waals surface area (Å²) in [6, 6.07) is 16.9. The smallest absolute Gasteiger partial charge is 0.277 e.